The summed E-state index contributed by atoms with van der Waals surface area (Å²) in [5, 5.41) is 2.85. The predicted molar refractivity (Wildman–Crippen MR) is 43.1 cm³/mol. The van der Waals surface area contributed by atoms with E-state index < -0.39 is 0 Å². The summed E-state index contributed by atoms with van der Waals surface area (Å²) in [7, 11) is 0. The van der Waals surface area contributed by atoms with Gasteiger partial charge in [0.05, 0.1) is 13.2 Å². The highest BCUT2D eigenvalue weighted by Crippen LogP contribution is 1.84. The molecule has 0 heterocycles. The molecule has 0 aromatic carbocycles. The van der Waals surface area contributed by atoms with Crippen LogP contribution in [-0.2, 0) is 9.53 Å². The number of carbonyl (C=O) groups is 1. The predicted octanol–water partition coefficient (Wildman–Crippen LogP) is 0.415. The molecule has 0 rings (SSSR count). The minimum atomic E-state index is -0.233. The molecule has 3 nitrogen and oxygen atoms in total. The Hall–Kier alpha value is -0.220. The average Bonchev–Trinajstić information content (AvgIpc) is 1.85. The molecule has 0 saturated carbocycles. The van der Waals surface area contributed by atoms with E-state index in [1.54, 1.807) is 6.92 Å². The SMILES string of the molecule is CCOC(=O)CNC(C)S. The van der Waals surface area contributed by atoms with Crippen LogP contribution in [0.2, 0.25) is 0 Å². The Labute approximate surface area is 66.5 Å². The van der Waals surface area contributed by atoms with Gasteiger partial charge < -0.3 is 4.74 Å². The van der Waals surface area contributed by atoms with Gasteiger partial charge in [0.15, 0.2) is 0 Å². The number of ether oxygens (including phenoxy) is 1. The van der Waals surface area contributed by atoms with Gasteiger partial charge >= 0.3 is 5.97 Å². The molecule has 0 aliphatic carbocycles. The smallest absolute Gasteiger partial charge is 0.319 e. The summed E-state index contributed by atoms with van der Waals surface area (Å²) < 4.78 is 4.66. The topological polar surface area (TPSA) is 38.3 Å². The first-order valence-electron chi connectivity index (χ1n) is 3.24. The molecule has 1 N–H and O–H groups in total. The summed E-state index contributed by atoms with van der Waals surface area (Å²) in [4.78, 5) is 10.6. The van der Waals surface area contributed by atoms with Gasteiger partial charge in [-0.2, -0.15) is 12.6 Å². The van der Waals surface area contributed by atoms with Crippen molar-refractivity contribution in [2.24, 2.45) is 0 Å². The Morgan fingerprint density at radius 3 is 2.80 bits per heavy atom. The van der Waals surface area contributed by atoms with Crippen LogP contribution in [0.5, 0.6) is 0 Å². The molecule has 10 heavy (non-hydrogen) atoms. The van der Waals surface area contributed by atoms with Crippen LogP contribution in [0.4, 0.5) is 0 Å². The zero-order valence-corrected chi connectivity index (χ0v) is 7.15. The van der Waals surface area contributed by atoms with E-state index in [1.807, 2.05) is 6.92 Å². The van der Waals surface area contributed by atoms with E-state index in [9.17, 15) is 4.79 Å². The Morgan fingerprint density at radius 2 is 2.40 bits per heavy atom. The number of nitrogens with one attached hydrogen (secondary N) is 1. The molecule has 1 atom stereocenters. The third-order valence-electron chi connectivity index (χ3n) is 0.847. The number of thiol groups is 1. The largest absolute Gasteiger partial charge is 0.465 e. The molecular formula is C6H13NO2S. The van der Waals surface area contributed by atoms with Crippen LogP contribution < -0.4 is 5.32 Å². The van der Waals surface area contributed by atoms with Crippen molar-refractivity contribution in [3.63, 3.8) is 0 Å². The molecule has 60 valence electrons. The number of esters is 1. The molecule has 0 spiro atoms. The minimum Gasteiger partial charge on any atom is -0.465 e. The van der Waals surface area contributed by atoms with Crippen molar-refractivity contribution < 1.29 is 9.53 Å². The van der Waals surface area contributed by atoms with Gasteiger partial charge in [0, 0.05) is 5.37 Å². The fourth-order valence-electron chi connectivity index (χ4n) is 0.443. The van der Waals surface area contributed by atoms with E-state index in [1.165, 1.54) is 0 Å². The first-order chi connectivity index (χ1) is 4.66. The van der Waals surface area contributed by atoms with Gasteiger partial charge in [0.25, 0.3) is 0 Å². The first kappa shape index (κ1) is 9.78. The number of rotatable bonds is 4. The number of hydrogen-bond acceptors (Lipinski definition) is 4. The molecule has 0 amide bonds. The highest BCUT2D eigenvalue weighted by molar-refractivity contribution is 7.80. The van der Waals surface area contributed by atoms with Gasteiger partial charge in [0.1, 0.15) is 0 Å². The molecular weight excluding hydrogens is 150 g/mol. The molecule has 0 saturated heterocycles. The summed E-state index contributed by atoms with van der Waals surface area (Å²) in [6.07, 6.45) is 0. The summed E-state index contributed by atoms with van der Waals surface area (Å²) in [5.74, 6) is -0.233. The third kappa shape index (κ3) is 5.91. The zero-order chi connectivity index (χ0) is 7.98. The third-order valence-corrected chi connectivity index (χ3v) is 1.03. The molecule has 0 aromatic rings. The van der Waals surface area contributed by atoms with E-state index in [2.05, 4.69) is 22.7 Å². The lowest BCUT2D eigenvalue weighted by Gasteiger charge is -2.05. The summed E-state index contributed by atoms with van der Waals surface area (Å²) in [6.45, 7) is 4.30. The van der Waals surface area contributed by atoms with Crippen LogP contribution in [0.15, 0.2) is 0 Å². The number of hydrogen-bond donors (Lipinski definition) is 2. The maximum atomic E-state index is 10.6. The van der Waals surface area contributed by atoms with Crippen LogP contribution in [0.3, 0.4) is 0 Å². The van der Waals surface area contributed by atoms with Gasteiger partial charge in [-0.05, 0) is 13.8 Å². The second kappa shape index (κ2) is 5.56. The Morgan fingerprint density at radius 1 is 1.80 bits per heavy atom. The molecule has 0 radical (unpaired) electrons. The lowest BCUT2D eigenvalue weighted by Crippen LogP contribution is -2.28. The molecule has 1 unspecified atom stereocenters. The molecule has 0 aromatic heterocycles. The molecule has 4 heteroatoms. The van der Waals surface area contributed by atoms with Gasteiger partial charge in [-0.25, -0.2) is 0 Å². The van der Waals surface area contributed by atoms with Crippen LogP contribution in [0.1, 0.15) is 13.8 Å². The highest BCUT2D eigenvalue weighted by Gasteiger charge is 2.00. The normalized spacial score (nSPS) is 12.7. The van der Waals surface area contributed by atoms with E-state index in [4.69, 9.17) is 0 Å². The molecule has 0 bridgehead atoms. The zero-order valence-electron chi connectivity index (χ0n) is 6.26. The second-order valence-corrected chi connectivity index (χ2v) is 2.64. The van der Waals surface area contributed by atoms with E-state index in [0.717, 1.165) is 0 Å². The lowest BCUT2D eigenvalue weighted by molar-refractivity contribution is -0.142. The standard InChI is InChI=1S/C6H13NO2S/c1-3-9-6(8)4-7-5(2)10/h5,7,10H,3-4H2,1-2H3. The van der Waals surface area contributed by atoms with Crippen molar-refractivity contribution in [1.82, 2.24) is 5.32 Å². The number of carbonyl (C=O) groups excluding carboxylic acids is 1. The Balaban J connectivity index is 3.22. The van der Waals surface area contributed by atoms with Gasteiger partial charge in [-0.15, -0.1) is 0 Å². The fourth-order valence-corrected chi connectivity index (χ4v) is 0.534. The van der Waals surface area contributed by atoms with Crippen LogP contribution >= 0.6 is 12.6 Å². The maximum Gasteiger partial charge on any atom is 0.319 e. The summed E-state index contributed by atoms with van der Waals surface area (Å²) in [6, 6.07) is 0. The highest BCUT2D eigenvalue weighted by atomic mass is 32.1. The second-order valence-electron chi connectivity index (χ2n) is 1.86. The minimum absolute atomic E-state index is 0.0319. The van der Waals surface area contributed by atoms with E-state index in [0.29, 0.717) is 6.61 Å². The average molecular weight is 163 g/mol. The van der Waals surface area contributed by atoms with Crippen LogP contribution in [-0.4, -0.2) is 24.5 Å². The van der Waals surface area contributed by atoms with Crippen molar-refractivity contribution in [1.29, 1.82) is 0 Å². The van der Waals surface area contributed by atoms with Gasteiger partial charge in [0.2, 0.25) is 0 Å². The van der Waals surface area contributed by atoms with Crippen LogP contribution in [0.25, 0.3) is 0 Å². The molecule has 0 fully saturated rings. The van der Waals surface area contributed by atoms with Crippen molar-refractivity contribution in [2.75, 3.05) is 13.2 Å². The van der Waals surface area contributed by atoms with Gasteiger partial charge in [-0.3, -0.25) is 10.1 Å². The van der Waals surface area contributed by atoms with E-state index >= 15 is 0 Å². The maximum absolute atomic E-state index is 10.6. The summed E-state index contributed by atoms with van der Waals surface area (Å²) in [5.41, 5.74) is 0. The van der Waals surface area contributed by atoms with Gasteiger partial charge in [-0.1, -0.05) is 0 Å². The quantitative estimate of drug-likeness (QED) is 0.358. The fraction of sp³-hybridized carbons (Fsp3) is 0.833. The Kier molecular flexibility index (Phi) is 5.43. The van der Waals surface area contributed by atoms with Crippen molar-refractivity contribution in [3.05, 3.63) is 0 Å². The van der Waals surface area contributed by atoms with Crippen molar-refractivity contribution >= 4 is 18.6 Å². The van der Waals surface area contributed by atoms with E-state index in [-0.39, 0.29) is 17.9 Å². The monoisotopic (exact) mass is 163 g/mol. The van der Waals surface area contributed by atoms with Crippen molar-refractivity contribution in [2.45, 2.75) is 19.2 Å². The van der Waals surface area contributed by atoms with Crippen LogP contribution in [0, 0.1) is 0 Å². The molecule has 0 aliphatic heterocycles. The molecule has 0 aliphatic rings. The van der Waals surface area contributed by atoms with Crippen molar-refractivity contribution in [3.8, 4) is 0 Å². The Bertz CT molecular complexity index is 106. The summed E-state index contributed by atoms with van der Waals surface area (Å²) >= 11 is 4.02. The first-order valence-corrected chi connectivity index (χ1v) is 3.75. The lowest BCUT2D eigenvalue weighted by atomic mass is 10.6.